The molecule has 25 heavy (non-hydrogen) atoms. The predicted octanol–water partition coefficient (Wildman–Crippen LogP) is 5.37. The van der Waals surface area contributed by atoms with Gasteiger partial charge in [-0.2, -0.15) is 0 Å². The van der Waals surface area contributed by atoms with Crippen molar-refractivity contribution in [1.29, 1.82) is 0 Å². The van der Waals surface area contributed by atoms with Crippen LogP contribution in [0.5, 0.6) is 0 Å². The number of thiophene rings is 1. The highest BCUT2D eigenvalue weighted by Gasteiger charge is 2.30. The third-order valence-electron chi connectivity index (χ3n) is 5.15. The molecule has 1 amide bonds. The molecule has 1 saturated heterocycles. The number of likely N-dealkylation sites (tertiary alicyclic amines) is 1. The fraction of sp³-hybridized carbons (Fsp3) is 0.333. The smallest absolute Gasteiger partial charge is 0.255 e. The average Bonchev–Trinajstić information content (AvgIpc) is 3.15. The van der Waals surface area contributed by atoms with Crippen LogP contribution < -0.4 is 0 Å². The van der Waals surface area contributed by atoms with Crippen molar-refractivity contribution in [3.05, 3.63) is 53.4 Å². The molecule has 0 spiro atoms. The minimum absolute atomic E-state index is 0.135. The van der Waals surface area contributed by atoms with Crippen molar-refractivity contribution < 1.29 is 4.79 Å². The number of amides is 1. The Kier molecular flexibility index (Phi) is 4.30. The second-order valence-corrected chi connectivity index (χ2v) is 7.84. The molecule has 0 radical (unpaired) electrons. The van der Waals surface area contributed by atoms with Gasteiger partial charge < -0.3 is 4.90 Å². The summed E-state index contributed by atoms with van der Waals surface area (Å²) in [7, 11) is 0. The predicted molar refractivity (Wildman–Crippen MR) is 104 cm³/mol. The number of piperidine rings is 1. The molecule has 2 atom stereocenters. The lowest BCUT2D eigenvalue weighted by molar-refractivity contribution is 0.0513. The van der Waals surface area contributed by atoms with Crippen molar-refractivity contribution in [2.45, 2.75) is 45.2 Å². The molecule has 3 aromatic rings. The summed E-state index contributed by atoms with van der Waals surface area (Å²) < 4.78 is 0. The van der Waals surface area contributed by atoms with Crippen molar-refractivity contribution in [1.82, 2.24) is 9.88 Å². The Morgan fingerprint density at radius 1 is 1.12 bits per heavy atom. The van der Waals surface area contributed by atoms with Gasteiger partial charge >= 0.3 is 0 Å². The van der Waals surface area contributed by atoms with Crippen LogP contribution >= 0.6 is 11.3 Å². The number of benzene rings is 1. The van der Waals surface area contributed by atoms with E-state index in [1.165, 1.54) is 6.42 Å². The van der Waals surface area contributed by atoms with Gasteiger partial charge in [-0.15, -0.1) is 11.3 Å². The molecule has 1 aromatic carbocycles. The van der Waals surface area contributed by atoms with Crippen molar-refractivity contribution in [3.8, 4) is 10.6 Å². The van der Waals surface area contributed by atoms with Crippen LogP contribution in [0.2, 0.25) is 0 Å². The molecule has 4 rings (SSSR count). The lowest BCUT2D eigenvalue weighted by Crippen LogP contribution is -2.47. The summed E-state index contributed by atoms with van der Waals surface area (Å²) in [5, 5.41) is 2.99. The van der Waals surface area contributed by atoms with Crippen LogP contribution in [0.1, 0.15) is 43.5 Å². The number of carbonyl (C=O) groups is 1. The molecule has 4 heteroatoms. The highest BCUT2D eigenvalue weighted by molar-refractivity contribution is 7.13. The van der Waals surface area contributed by atoms with E-state index in [2.05, 4.69) is 24.8 Å². The SMILES string of the molecule is CC1CCCC(C)N1C(=O)c1cc(-c2cccs2)nc2ccccc12. The maximum Gasteiger partial charge on any atom is 0.255 e. The van der Waals surface area contributed by atoms with Crippen LogP contribution in [0.3, 0.4) is 0 Å². The second kappa shape index (κ2) is 6.60. The number of aromatic nitrogens is 1. The van der Waals surface area contributed by atoms with E-state index in [-0.39, 0.29) is 18.0 Å². The van der Waals surface area contributed by atoms with E-state index in [4.69, 9.17) is 4.98 Å². The first-order valence-corrected chi connectivity index (χ1v) is 9.79. The summed E-state index contributed by atoms with van der Waals surface area (Å²) in [4.78, 5) is 21.4. The Morgan fingerprint density at radius 3 is 2.60 bits per heavy atom. The van der Waals surface area contributed by atoms with E-state index in [9.17, 15) is 4.79 Å². The van der Waals surface area contributed by atoms with Gasteiger partial charge in [-0.05, 0) is 56.7 Å². The van der Waals surface area contributed by atoms with Crippen molar-refractivity contribution in [3.63, 3.8) is 0 Å². The van der Waals surface area contributed by atoms with Gasteiger partial charge in [0.25, 0.3) is 5.91 Å². The van der Waals surface area contributed by atoms with Crippen LogP contribution in [0, 0.1) is 0 Å². The van der Waals surface area contributed by atoms with Gasteiger partial charge in [0.05, 0.1) is 21.7 Å². The largest absolute Gasteiger partial charge is 0.333 e. The average molecular weight is 350 g/mol. The molecule has 2 unspecified atom stereocenters. The molecule has 0 N–H and O–H groups in total. The van der Waals surface area contributed by atoms with E-state index in [1.54, 1.807) is 11.3 Å². The number of fused-ring (bicyclic) bond motifs is 1. The van der Waals surface area contributed by atoms with Crippen LogP contribution in [0.25, 0.3) is 21.5 Å². The van der Waals surface area contributed by atoms with Gasteiger partial charge in [0.15, 0.2) is 0 Å². The molecule has 1 aliphatic rings. The Hall–Kier alpha value is -2.20. The summed E-state index contributed by atoms with van der Waals surface area (Å²) in [6.45, 7) is 4.33. The van der Waals surface area contributed by atoms with Crippen LogP contribution in [-0.2, 0) is 0 Å². The molecule has 3 nitrogen and oxygen atoms in total. The zero-order valence-corrected chi connectivity index (χ0v) is 15.4. The molecule has 0 bridgehead atoms. The number of rotatable bonds is 2. The maximum atomic E-state index is 13.5. The molecule has 1 fully saturated rings. The fourth-order valence-electron chi connectivity index (χ4n) is 3.86. The molecular formula is C21H22N2OS. The van der Waals surface area contributed by atoms with Gasteiger partial charge in [0.2, 0.25) is 0 Å². The van der Waals surface area contributed by atoms with E-state index in [1.807, 2.05) is 41.8 Å². The van der Waals surface area contributed by atoms with Crippen molar-refractivity contribution in [2.75, 3.05) is 0 Å². The lowest BCUT2D eigenvalue weighted by Gasteiger charge is -2.39. The molecular weight excluding hydrogens is 328 g/mol. The number of nitrogens with zero attached hydrogens (tertiary/aromatic N) is 2. The van der Waals surface area contributed by atoms with Gasteiger partial charge in [-0.1, -0.05) is 24.3 Å². The standard InChI is InChI=1S/C21H22N2OS/c1-14-7-5-8-15(2)23(14)21(24)17-13-19(20-11-6-12-25-20)22-18-10-4-3-9-16(17)18/h3-4,6,9-15H,5,7-8H2,1-2H3. The van der Waals surface area contributed by atoms with E-state index in [0.29, 0.717) is 0 Å². The third-order valence-corrected chi connectivity index (χ3v) is 6.04. The second-order valence-electron chi connectivity index (χ2n) is 6.89. The van der Waals surface area contributed by atoms with Crippen molar-refractivity contribution in [2.24, 2.45) is 0 Å². The summed E-state index contributed by atoms with van der Waals surface area (Å²) in [6, 6.07) is 14.6. The number of hydrogen-bond donors (Lipinski definition) is 0. The molecule has 128 valence electrons. The normalized spacial score (nSPS) is 20.8. The first kappa shape index (κ1) is 16.3. The van der Waals surface area contributed by atoms with Gasteiger partial charge in [-0.3, -0.25) is 4.79 Å². The molecule has 3 heterocycles. The number of carbonyl (C=O) groups excluding carboxylic acids is 1. The number of pyridine rings is 1. The van der Waals surface area contributed by atoms with E-state index < -0.39 is 0 Å². The summed E-state index contributed by atoms with van der Waals surface area (Å²) in [5.74, 6) is 0.135. The summed E-state index contributed by atoms with van der Waals surface area (Å²) in [6.07, 6.45) is 3.36. The topological polar surface area (TPSA) is 33.2 Å². The van der Waals surface area contributed by atoms with Gasteiger partial charge in [0, 0.05) is 17.5 Å². The maximum absolute atomic E-state index is 13.5. The quantitative estimate of drug-likeness (QED) is 0.623. The van der Waals surface area contributed by atoms with E-state index >= 15 is 0 Å². The Labute approximate surface area is 152 Å². The highest BCUT2D eigenvalue weighted by Crippen LogP contribution is 2.31. The van der Waals surface area contributed by atoms with Crippen LogP contribution in [-0.4, -0.2) is 27.9 Å². The minimum atomic E-state index is 0.135. The zero-order chi connectivity index (χ0) is 17.4. The van der Waals surface area contributed by atoms with Crippen LogP contribution in [0.15, 0.2) is 47.8 Å². The van der Waals surface area contributed by atoms with Gasteiger partial charge in [-0.25, -0.2) is 4.98 Å². The fourth-order valence-corrected chi connectivity index (χ4v) is 4.55. The number of hydrogen-bond acceptors (Lipinski definition) is 3. The summed E-state index contributed by atoms with van der Waals surface area (Å²) >= 11 is 1.65. The minimum Gasteiger partial charge on any atom is -0.333 e. The van der Waals surface area contributed by atoms with E-state index in [0.717, 1.165) is 39.9 Å². The van der Waals surface area contributed by atoms with Gasteiger partial charge in [0.1, 0.15) is 0 Å². The molecule has 0 saturated carbocycles. The summed E-state index contributed by atoms with van der Waals surface area (Å²) in [5.41, 5.74) is 2.54. The number of para-hydroxylation sites is 1. The Balaban J connectivity index is 1.86. The highest BCUT2D eigenvalue weighted by atomic mass is 32.1. The molecule has 0 aliphatic carbocycles. The Morgan fingerprint density at radius 2 is 1.88 bits per heavy atom. The van der Waals surface area contributed by atoms with Crippen LogP contribution in [0.4, 0.5) is 0 Å². The molecule has 2 aromatic heterocycles. The first-order chi connectivity index (χ1) is 12.1. The monoisotopic (exact) mass is 350 g/mol. The van der Waals surface area contributed by atoms with Crippen molar-refractivity contribution >= 4 is 28.1 Å². The molecule has 1 aliphatic heterocycles. The first-order valence-electron chi connectivity index (χ1n) is 8.91. The lowest BCUT2D eigenvalue weighted by atomic mass is 9.95. The third kappa shape index (κ3) is 2.95. The zero-order valence-electron chi connectivity index (χ0n) is 14.6. The Bertz CT molecular complexity index is 893.